The van der Waals surface area contributed by atoms with E-state index in [9.17, 15) is 0 Å². The Labute approximate surface area is 72.2 Å². The monoisotopic (exact) mass is 211 g/mol. The van der Waals surface area contributed by atoms with Gasteiger partial charge in [0.1, 0.15) is 4.60 Å². The highest BCUT2D eigenvalue weighted by atomic mass is 79.9. The average molecular weight is 212 g/mol. The van der Waals surface area contributed by atoms with Gasteiger partial charge in [-0.2, -0.15) is 0 Å². The van der Waals surface area contributed by atoms with Crippen LogP contribution < -0.4 is 0 Å². The lowest BCUT2D eigenvalue weighted by molar-refractivity contribution is 1.03. The largest absolute Gasteiger partial charge is 0.301 e. The summed E-state index contributed by atoms with van der Waals surface area (Å²) >= 11 is 3.32. The third-order valence-corrected chi connectivity index (χ3v) is 2.13. The minimum absolute atomic E-state index is 0.785. The molecule has 2 aromatic heterocycles. The van der Waals surface area contributed by atoms with Crippen LogP contribution in [0, 0.1) is 6.92 Å². The van der Waals surface area contributed by atoms with Crippen molar-refractivity contribution < 1.29 is 0 Å². The van der Waals surface area contributed by atoms with Crippen LogP contribution in [0.5, 0.6) is 0 Å². The van der Waals surface area contributed by atoms with Crippen LogP contribution in [-0.4, -0.2) is 14.4 Å². The Kier molecular flexibility index (Phi) is 1.42. The van der Waals surface area contributed by atoms with Crippen molar-refractivity contribution in [2.75, 3.05) is 0 Å². The first-order valence-corrected chi connectivity index (χ1v) is 4.02. The maximum atomic E-state index is 4.13. The van der Waals surface area contributed by atoms with Gasteiger partial charge in [-0.15, -0.1) is 0 Å². The molecule has 0 saturated carbocycles. The highest BCUT2D eigenvalue weighted by molar-refractivity contribution is 9.10. The first-order chi connectivity index (χ1) is 5.29. The summed E-state index contributed by atoms with van der Waals surface area (Å²) in [6.45, 7) is 1.99. The van der Waals surface area contributed by atoms with Gasteiger partial charge in [-0.05, 0) is 22.9 Å². The molecule has 2 rings (SSSR count). The van der Waals surface area contributed by atoms with Gasteiger partial charge in [0.25, 0.3) is 0 Å². The molecular formula is C7H6BrN3. The molecule has 0 amide bonds. The second-order valence-electron chi connectivity index (χ2n) is 2.31. The Hall–Kier alpha value is -0.900. The molecule has 0 aliphatic carbocycles. The minimum Gasteiger partial charge on any atom is -0.301 e. The number of hydrogen-bond acceptors (Lipinski definition) is 2. The molecule has 0 radical (unpaired) electrons. The molecule has 11 heavy (non-hydrogen) atoms. The number of fused-ring (bicyclic) bond motifs is 1. The Morgan fingerprint density at radius 2 is 2.27 bits per heavy atom. The van der Waals surface area contributed by atoms with Gasteiger partial charge in [-0.25, -0.2) is 9.97 Å². The van der Waals surface area contributed by atoms with Crippen LogP contribution in [0.3, 0.4) is 0 Å². The van der Waals surface area contributed by atoms with Crippen LogP contribution >= 0.6 is 15.9 Å². The zero-order valence-electron chi connectivity index (χ0n) is 5.95. The fourth-order valence-corrected chi connectivity index (χ4v) is 1.41. The summed E-state index contributed by atoms with van der Waals surface area (Å²) in [5.41, 5.74) is 1.95. The summed E-state index contributed by atoms with van der Waals surface area (Å²) in [5, 5.41) is 0. The molecule has 0 unspecified atom stereocenters. The number of aryl methyl sites for hydroxylation is 1. The summed E-state index contributed by atoms with van der Waals surface area (Å²) in [5.74, 6) is 0. The third-order valence-electron chi connectivity index (χ3n) is 1.57. The third kappa shape index (κ3) is 0.939. The van der Waals surface area contributed by atoms with E-state index in [1.807, 2.05) is 17.5 Å². The fourth-order valence-electron chi connectivity index (χ4n) is 1.01. The smallest absolute Gasteiger partial charge is 0.170 e. The van der Waals surface area contributed by atoms with E-state index in [1.165, 1.54) is 0 Å². The summed E-state index contributed by atoms with van der Waals surface area (Å²) < 4.78 is 2.77. The van der Waals surface area contributed by atoms with E-state index in [1.54, 1.807) is 12.4 Å². The van der Waals surface area contributed by atoms with E-state index in [4.69, 9.17) is 0 Å². The fraction of sp³-hybridized carbons (Fsp3) is 0.143. The molecule has 0 aromatic carbocycles. The zero-order valence-corrected chi connectivity index (χ0v) is 7.54. The second kappa shape index (κ2) is 2.30. The molecule has 0 spiro atoms. The molecule has 0 N–H and O–H groups in total. The van der Waals surface area contributed by atoms with E-state index in [0.717, 1.165) is 15.9 Å². The van der Waals surface area contributed by atoms with Crippen molar-refractivity contribution in [3.8, 4) is 0 Å². The maximum Gasteiger partial charge on any atom is 0.170 e. The van der Waals surface area contributed by atoms with Crippen LogP contribution in [0.25, 0.3) is 5.65 Å². The summed E-state index contributed by atoms with van der Waals surface area (Å²) in [6.07, 6.45) is 5.48. The predicted molar refractivity (Wildman–Crippen MR) is 45.4 cm³/mol. The number of imidazole rings is 1. The van der Waals surface area contributed by atoms with Crippen molar-refractivity contribution in [2.45, 2.75) is 6.92 Å². The number of aromatic nitrogens is 3. The van der Waals surface area contributed by atoms with E-state index < -0.39 is 0 Å². The van der Waals surface area contributed by atoms with E-state index in [-0.39, 0.29) is 0 Å². The Morgan fingerprint density at radius 1 is 1.45 bits per heavy atom. The minimum atomic E-state index is 0.785. The zero-order chi connectivity index (χ0) is 7.84. The van der Waals surface area contributed by atoms with Crippen LogP contribution in [0.4, 0.5) is 0 Å². The standard InChI is InChI=1S/C7H6BrN3/c1-5-4-10-6(8)7-9-2-3-11(5)7/h2-4H,1H3. The van der Waals surface area contributed by atoms with E-state index in [0.29, 0.717) is 0 Å². The molecule has 0 bridgehead atoms. The predicted octanol–water partition coefficient (Wildman–Crippen LogP) is 1.80. The highest BCUT2D eigenvalue weighted by Gasteiger charge is 2.01. The van der Waals surface area contributed by atoms with Crippen molar-refractivity contribution in [2.24, 2.45) is 0 Å². The van der Waals surface area contributed by atoms with Crippen molar-refractivity contribution in [3.63, 3.8) is 0 Å². The molecule has 2 aromatic rings. The molecule has 0 saturated heterocycles. The molecule has 3 nitrogen and oxygen atoms in total. The molecule has 0 aliphatic rings. The van der Waals surface area contributed by atoms with Crippen LogP contribution in [0.2, 0.25) is 0 Å². The molecule has 2 heterocycles. The van der Waals surface area contributed by atoms with Gasteiger partial charge >= 0.3 is 0 Å². The van der Waals surface area contributed by atoms with Gasteiger partial charge in [-0.1, -0.05) is 0 Å². The molecular weight excluding hydrogens is 206 g/mol. The van der Waals surface area contributed by atoms with Gasteiger partial charge in [0.05, 0.1) is 0 Å². The lowest BCUT2D eigenvalue weighted by atomic mass is 10.5. The van der Waals surface area contributed by atoms with Crippen molar-refractivity contribution >= 4 is 21.6 Å². The lowest BCUT2D eigenvalue weighted by Crippen LogP contribution is -1.92. The SMILES string of the molecule is Cc1cnc(Br)c2nccn12. The van der Waals surface area contributed by atoms with E-state index in [2.05, 4.69) is 25.9 Å². The average Bonchev–Trinajstić information content (AvgIpc) is 2.45. The number of rotatable bonds is 0. The van der Waals surface area contributed by atoms with Crippen molar-refractivity contribution in [3.05, 3.63) is 28.9 Å². The van der Waals surface area contributed by atoms with E-state index >= 15 is 0 Å². The summed E-state index contributed by atoms with van der Waals surface area (Å²) in [7, 11) is 0. The number of halogens is 1. The quantitative estimate of drug-likeness (QED) is 0.666. The molecule has 0 aliphatic heterocycles. The Bertz CT molecular complexity index is 357. The lowest BCUT2D eigenvalue weighted by Gasteiger charge is -1.98. The number of hydrogen-bond donors (Lipinski definition) is 0. The maximum absolute atomic E-state index is 4.13. The van der Waals surface area contributed by atoms with Gasteiger partial charge in [0, 0.05) is 24.3 Å². The van der Waals surface area contributed by atoms with Crippen LogP contribution in [0.1, 0.15) is 5.69 Å². The summed E-state index contributed by atoms with van der Waals surface area (Å²) in [4.78, 5) is 8.25. The Morgan fingerprint density at radius 3 is 3.00 bits per heavy atom. The Balaban J connectivity index is 2.96. The first kappa shape index (κ1) is 6.79. The normalized spacial score (nSPS) is 10.7. The highest BCUT2D eigenvalue weighted by Crippen LogP contribution is 2.13. The number of nitrogens with zero attached hydrogens (tertiary/aromatic N) is 3. The molecule has 0 atom stereocenters. The molecule has 0 fully saturated rings. The van der Waals surface area contributed by atoms with Gasteiger partial charge in [-0.3, -0.25) is 0 Å². The first-order valence-electron chi connectivity index (χ1n) is 3.23. The molecule has 4 heteroatoms. The van der Waals surface area contributed by atoms with Crippen LogP contribution in [0.15, 0.2) is 23.2 Å². The topological polar surface area (TPSA) is 30.2 Å². The van der Waals surface area contributed by atoms with Gasteiger partial charge in [0.15, 0.2) is 5.65 Å². The molecule has 56 valence electrons. The van der Waals surface area contributed by atoms with Crippen molar-refractivity contribution in [1.82, 2.24) is 14.4 Å². The second-order valence-corrected chi connectivity index (χ2v) is 3.06. The summed E-state index contributed by atoms with van der Waals surface area (Å²) in [6, 6.07) is 0. The van der Waals surface area contributed by atoms with Gasteiger partial charge in [0.2, 0.25) is 0 Å². The van der Waals surface area contributed by atoms with Crippen LogP contribution in [-0.2, 0) is 0 Å². The van der Waals surface area contributed by atoms with Crippen molar-refractivity contribution in [1.29, 1.82) is 0 Å². The van der Waals surface area contributed by atoms with Gasteiger partial charge < -0.3 is 4.40 Å².